The summed E-state index contributed by atoms with van der Waals surface area (Å²) in [6.45, 7) is 1.89. The van der Waals surface area contributed by atoms with E-state index in [1.165, 1.54) is 5.38 Å². The van der Waals surface area contributed by atoms with E-state index in [9.17, 15) is 14.7 Å². The van der Waals surface area contributed by atoms with Crippen molar-refractivity contribution in [1.29, 1.82) is 0 Å². The van der Waals surface area contributed by atoms with E-state index in [0.717, 1.165) is 11.3 Å². The highest BCUT2D eigenvalue weighted by molar-refractivity contribution is 7.11. The van der Waals surface area contributed by atoms with Crippen molar-refractivity contribution in [3.63, 3.8) is 0 Å². The molecule has 5 nitrogen and oxygen atoms in total. The second-order valence-corrected chi connectivity index (χ2v) is 2.90. The van der Waals surface area contributed by atoms with E-state index in [4.69, 9.17) is 0 Å². The Morgan fingerprint density at radius 3 is 2.85 bits per heavy atom. The molecular weight excluding hydrogens is 194 g/mol. The maximum Gasteiger partial charge on any atom is 0.357 e. The second-order valence-electron chi connectivity index (χ2n) is 2.05. The maximum atomic E-state index is 11.0. The van der Waals surface area contributed by atoms with Gasteiger partial charge in [0.1, 0.15) is 11.0 Å². The summed E-state index contributed by atoms with van der Waals surface area (Å²) >= 11 is 0.838. The van der Waals surface area contributed by atoms with Crippen LogP contribution in [0.2, 0.25) is 0 Å². The third-order valence-corrected chi connectivity index (χ3v) is 1.99. The molecule has 0 aliphatic carbocycles. The average Bonchev–Trinajstić information content (AvgIpc) is 2.52. The number of aromatic nitrogens is 1. The SMILES string of the molecule is CCOC(=O)c1csc(C(=O)[O-])n1. The molecule has 1 aromatic heterocycles. The lowest BCUT2D eigenvalue weighted by Gasteiger charge is -1.96. The molecule has 1 heterocycles. The van der Waals surface area contributed by atoms with E-state index in [-0.39, 0.29) is 17.3 Å². The highest BCUT2D eigenvalue weighted by atomic mass is 32.1. The lowest BCUT2D eigenvalue weighted by atomic mass is 10.5. The number of rotatable bonds is 3. The van der Waals surface area contributed by atoms with Crippen molar-refractivity contribution in [1.82, 2.24) is 4.98 Å². The van der Waals surface area contributed by atoms with Gasteiger partial charge >= 0.3 is 5.97 Å². The number of ether oxygens (including phenoxy) is 1. The minimum Gasteiger partial charge on any atom is -0.542 e. The fourth-order valence-electron chi connectivity index (χ4n) is 0.666. The molecule has 0 N–H and O–H groups in total. The van der Waals surface area contributed by atoms with Crippen molar-refractivity contribution in [3.8, 4) is 0 Å². The Hall–Kier alpha value is -1.43. The summed E-state index contributed by atoms with van der Waals surface area (Å²) < 4.78 is 4.61. The number of hydrogen-bond acceptors (Lipinski definition) is 6. The molecule has 0 atom stereocenters. The number of hydrogen-bond donors (Lipinski definition) is 0. The van der Waals surface area contributed by atoms with Gasteiger partial charge in [-0.25, -0.2) is 9.78 Å². The fraction of sp³-hybridized carbons (Fsp3) is 0.286. The van der Waals surface area contributed by atoms with Gasteiger partial charge < -0.3 is 14.6 Å². The molecule has 0 saturated heterocycles. The molecule has 0 radical (unpaired) electrons. The monoisotopic (exact) mass is 200 g/mol. The number of carbonyl (C=O) groups excluding carboxylic acids is 2. The van der Waals surface area contributed by atoms with E-state index in [0.29, 0.717) is 0 Å². The van der Waals surface area contributed by atoms with Gasteiger partial charge in [-0.05, 0) is 6.92 Å². The lowest BCUT2D eigenvalue weighted by Crippen LogP contribution is -2.22. The minimum absolute atomic E-state index is 0.00560. The minimum atomic E-state index is -1.39. The Balaban J connectivity index is 2.79. The molecule has 0 aromatic carbocycles. The molecule has 0 unspecified atom stereocenters. The Labute approximate surface area is 78.0 Å². The highest BCUT2D eigenvalue weighted by Crippen LogP contribution is 2.09. The number of nitrogens with zero attached hydrogens (tertiary/aromatic N) is 1. The van der Waals surface area contributed by atoms with Gasteiger partial charge in [0.25, 0.3) is 0 Å². The zero-order chi connectivity index (χ0) is 9.84. The molecule has 6 heteroatoms. The zero-order valence-electron chi connectivity index (χ0n) is 6.77. The number of aromatic carboxylic acids is 1. The van der Waals surface area contributed by atoms with Gasteiger partial charge in [0.05, 0.1) is 6.61 Å². The number of carbonyl (C=O) groups is 2. The van der Waals surface area contributed by atoms with Crippen LogP contribution in [0, 0.1) is 0 Å². The molecular formula is C7H6NO4S-. The fourth-order valence-corrected chi connectivity index (χ4v) is 1.29. The van der Waals surface area contributed by atoms with Gasteiger partial charge in [-0.15, -0.1) is 11.3 Å². The van der Waals surface area contributed by atoms with Crippen molar-refractivity contribution >= 4 is 23.3 Å². The van der Waals surface area contributed by atoms with Crippen LogP contribution in [-0.2, 0) is 4.74 Å². The first-order chi connectivity index (χ1) is 6.15. The average molecular weight is 200 g/mol. The molecule has 0 bridgehead atoms. The number of thiazole rings is 1. The van der Waals surface area contributed by atoms with E-state index in [1.54, 1.807) is 6.92 Å². The first-order valence-electron chi connectivity index (χ1n) is 3.49. The summed E-state index contributed by atoms with van der Waals surface area (Å²) in [6.07, 6.45) is 0. The van der Waals surface area contributed by atoms with Gasteiger partial charge in [-0.2, -0.15) is 0 Å². The molecule has 0 spiro atoms. The predicted molar refractivity (Wildman–Crippen MR) is 42.4 cm³/mol. The summed E-state index contributed by atoms with van der Waals surface area (Å²) in [4.78, 5) is 24.8. The van der Waals surface area contributed by atoms with Crippen LogP contribution in [0.4, 0.5) is 0 Å². The summed E-state index contributed by atoms with van der Waals surface area (Å²) in [5.74, 6) is -2.01. The lowest BCUT2D eigenvalue weighted by molar-refractivity contribution is -0.255. The normalized spacial score (nSPS) is 9.62. The largest absolute Gasteiger partial charge is 0.542 e. The number of carboxylic acid groups (broad SMARTS) is 1. The Bertz CT molecular complexity index is 333. The van der Waals surface area contributed by atoms with Crippen LogP contribution in [-0.4, -0.2) is 23.5 Å². The van der Waals surface area contributed by atoms with Crippen molar-refractivity contribution in [3.05, 3.63) is 16.1 Å². The maximum absolute atomic E-state index is 11.0. The zero-order valence-corrected chi connectivity index (χ0v) is 7.59. The molecule has 0 saturated carbocycles. The van der Waals surface area contributed by atoms with Crippen LogP contribution in [0.15, 0.2) is 5.38 Å². The van der Waals surface area contributed by atoms with Gasteiger partial charge in [0, 0.05) is 5.38 Å². The third-order valence-electron chi connectivity index (χ3n) is 1.16. The Morgan fingerprint density at radius 1 is 1.69 bits per heavy atom. The molecule has 0 aliphatic rings. The summed E-state index contributed by atoms with van der Waals surface area (Å²) in [5.41, 5.74) is 0.00560. The number of esters is 1. The first-order valence-corrected chi connectivity index (χ1v) is 4.37. The Kier molecular flexibility index (Phi) is 2.97. The quantitative estimate of drug-likeness (QED) is 0.625. The highest BCUT2D eigenvalue weighted by Gasteiger charge is 2.11. The second kappa shape index (κ2) is 3.99. The van der Waals surface area contributed by atoms with Gasteiger partial charge in [-0.1, -0.05) is 0 Å². The van der Waals surface area contributed by atoms with Crippen molar-refractivity contribution < 1.29 is 19.4 Å². The van der Waals surface area contributed by atoms with Gasteiger partial charge in [0.15, 0.2) is 5.69 Å². The van der Waals surface area contributed by atoms with E-state index >= 15 is 0 Å². The van der Waals surface area contributed by atoms with E-state index < -0.39 is 11.9 Å². The van der Waals surface area contributed by atoms with Gasteiger partial charge in [-0.3, -0.25) is 0 Å². The molecule has 70 valence electrons. The van der Waals surface area contributed by atoms with Gasteiger partial charge in [0.2, 0.25) is 0 Å². The molecule has 0 fully saturated rings. The smallest absolute Gasteiger partial charge is 0.357 e. The van der Waals surface area contributed by atoms with Crippen molar-refractivity contribution in [2.45, 2.75) is 6.92 Å². The predicted octanol–water partition coefficient (Wildman–Crippen LogP) is -0.317. The van der Waals surface area contributed by atoms with E-state index in [1.807, 2.05) is 0 Å². The third kappa shape index (κ3) is 2.25. The first kappa shape index (κ1) is 9.66. The standard InChI is InChI=1S/C7H7NO4S/c1-2-12-7(11)4-3-13-5(8-4)6(9)10/h3H,2H2,1H3,(H,9,10)/p-1. The summed E-state index contributed by atoms with van der Waals surface area (Å²) in [6, 6.07) is 0. The molecule has 0 amide bonds. The molecule has 13 heavy (non-hydrogen) atoms. The molecule has 1 rings (SSSR count). The molecule has 1 aromatic rings. The molecule has 0 aliphatic heterocycles. The Morgan fingerprint density at radius 2 is 2.38 bits per heavy atom. The van der Waals surface area contributed by atoms with Crippen LogP contribution in [0.3, 0.4) is 0 Å². The van der Waals surface area contributed by atoms with Crippen LogP contribution < -0.4 is 5.11 Å². The van der Waals surface area contributed by atoms with Crippen molar-refractivity contribution in [2.24, 2.45) is 0 Å². The van der Waals surface area contributed by atoms with Crippen LogP contribution in [0.1, 0.15) is 27.2 Å². The topological polar surface area (TPSA) is 79.3 Å². The van der Waals surface area contributed by atoms with Crippen LogP contribution in [0.5, 0.6) is 0 Å². The summed E-state index contributed by atoms with van der Waals surface area (Å²) in [7, 11) is 0. The van der Waals surface area contributed by atoms with E-state index in [2.05, 4.69) is 9.72 Å². The van der Waals surface area contributed by atoms with Crippen molar-refractivity contribution in [2.75, 3.05) is 6.61 Å². The number of carboxylic acids is 1. The summed E-state index contributed by atoms with van der Waals surface area (Å²) in [5, 5.41) is 11.4. The van der Waals surface area contributed by atoms with Crippen LogP contribution >= 0.6 is 11.3 Å². The van der Waals surface area contributed by atoms with Crippen LogP contribution in [0.25, 0.3) is 0 Å².